The third-order valence-corrected chi connectivity index (χ3v) is 6.30. The molecule has 0 heterocycles. The van der Waals surface area contributed by atoms with E-state index in [0.29, 0.717) is 30.1 Å². The summed E-state index contributed by atoms with van der Waals surface area (Å²) in [5.74, 6) is -0.265. The highest BCUT2D eigenvalue weighted by Gasteiger charge is 2.31. The van der Waals surface area contributed by atoms with Crippen LogP contribution in [0.4, 0.5) is 0 Å². The number of esters is 1. The molecule has 0 bridgehead atoms. The fourth-order valence-corrected chi connectivity index (χ4v) is 4.31. The number of rotatable bonds is 13. The first-order chi connectivity index (χ1) is 19.9. The van der Waals surface area contributed by atoms with Crippen LogP contribution in [-0.4, -0.2) is 42.6 Å². The number of amides is 2. The summed E-state index contributed by atoms with van der Waals surface area (Å²) < 4.78 is 16.8. The van der Waals surface area contributed by atoms with Gasteiger partial charge in [-0.05, 0) is 68.5 Å². The van der Waals surface area contributed by atoms with Crippen molar-refractivity contribution < 1.29 is 28.6 Å². The predicted molar refractivity (Wildman–Crippen MR) is 162 cm³/mol. The molecular weight excluding hydrogens is 532 g/mol. The summed E-state index contributed by atoms with van der Waals surface area (Å²) in [6, 6.07) is 22.2. The smallest absolute Gasteiger partial charge is 0.329 e. The molecule has 0 unspecified atom stereocenters. The molecule has 0 spiro atoms. The van der Waals surface area contributed by atoms with Crippen LogP contribution in [0.1, 0.15) is 62.5 Å². The molecule has 0 aliphatic heterocycles. The van der Waals surface area contributed by atoms with E-state index in [1.165, 1.54) is 7.11 Å². The van der Waals surface area contributed by atoms with Gasteiger partial charge in [0.15, 0.2) is 0 Å². The summed E-state index contributed by atoms with van der Waals surface area (Å²) in [5.41, 5.74) is 1.45. The molecule has 0 fully saturated rings. The van der Waals surface area contributed by atoms with E-state index >= 15 is 0 Å². The lowest BCUT2D eigenvalue weighted by Crippen LogP contribution is -2.53. The molecule has 3 rings (SSSR count). The first kappa shape index (κ1) is 32.2. The number of hydrogen-bond donors (Lipinski definition) is 2. The van der Waals surface area contributed by atoms with Gasteiger partial charge in [0.25, 0.3) is 5.91 Å². The molecule has 0 aliphatic rings. The summed E-state index contributed by atoms with van der Waals surface area (Å²) in [7, 11) is 1.48. The fraction of sp³-hybridized carbons (Fsp3) is 0.382. The first-order valence-corrected chi connectivity index (χ1v) is 14.2. The lowest BCUT2D eigenvalue weighted by molar-refractivity contribution is -0.158. The molecule has 3 aromatic carbocycles. The van der Waals surface area contributed by atoms with Gasteiger partial charge in [-0.25, -0.2) is 4.79 Å². The molecule has 3 aromatic rings. The highest BCUT2D eigenvalue weighted by molar-refractivity contribution is 6.00. The maximum Gasteiger partial charge on any atom is 0.329 e. The average molecular weight is 575 g/mol. The lowest BCUT2D eigenvalue weighted by Gasteiger charge is -2.27. The molecule has 0 aliphatic carbocycles. The van der Waals surface area contributed by atoms with Crippen LogP contribution in [0.25, 0.3) is 0 Å². The third-order valence-electron chi connectivity index (χ3n) is 6.30. The second-order valence-corrected chi connectivity index (χ2v) is 11.6. The number of carbonyl (C=O) groups is 3. The molecule has 2 atom stereocenters. The number of para-hydroxylation sites is 1. The molecule has 0 saturated heterocycles. The van der Waals surface area contributed by atoms with Gasteiger partial charge in [0.1, 0.15) is 35.8 Å². The predicted octanol–water partition coefficient (Wildman–Crippen LogP) is 5.49. The molecule has 8 nitrogen and oxygen atoms in total. The van der Waals surface area contributed by atoms with Crippen molar-refractivity contribution in [2.75, 3.05) is 7.11 Å². The Labute approximate surface area is 248 Å². The second kappa shape index (κ2) is 15.1. The van der Waals surface area contributed by atoms with Crippen molar-refractivity contribution in [2.24, 2.45) is 5.92 Å². The van der Waals surface area contributed by atoms with Crippen molar-refractivity contribution in [1.29, 1.82) is 0 Å². The number of carbonyl (C=O) groups excluding carboxylic acids is 3. The maximum atomic E-state index is 13.6. The van der Waals surface area contributed by atoms with Crippen LogP contribution in [-0.2, 0) is 27.4 Å². The Bertz CT molecular complexity index is 1320. The second-order valence-electron chi connectivity index (χ2n) is 11.6. The summed E-state index contributed by atoms with van der Waals surface area (Å²) in [4.78, 5) is 39.9. The van der Waals surface area contributed by atoms with Crippen LogP contribution >= 0.6 is 0 Å². The zero-order chi connectivity index (χ0) is 30.7. The van der Waals surface area contributed by atoms with Crippen molar-refractivity contribution in [3.8, 4) is 11.5 Å². The Balaban J connectivity index is 1.75. The highest BCUT2D eigenvalue weighted by atomic mass is 16.6. The van der Waals surface area contributed by atoms with Gasteiger partial charge in [-0.1, -0.05) is 68.4 Å². The van der Waals surface area contributed by atoms with Gasteiger partial charge in [-0.3, -0.25) is 9.59 Å². The fourth-order valence-electron chi connectivity index (χ4n) is 4.31. The van der Waals surface area contributed by atoms with Gasteiger partial charge in [0.2, 0.25) is 5.91 Å². The van der Waals surface area contributed by atoms with E-state index < -0.39 is 35.5 Å². The Hall–Kier alpha value is -4.33. The Kier molecular flexibility index (Phi) is 11.5. The molecule has 0 saturated carbocycles. The first-order valence-electron chi connectivity index (χ1n) is 14.2. The van der Waals surface area contributed by atoms with Crippen molar-refractivity contribution in [2.45, 2.75) is 71.8 Å². The summed E-state index contributed by atoms with van der Waals surface area (Å²) in [6.07, 6.45) is 0.579. The largest absolute Gasteiger partial charge is 0.496 e. The third kappa shape index (κ3) is 10.3. The minimum atomic E-state index is -0.967. The number of methoxy groups -OCH3 is 1. The van der Waals surface area contributed by atoms with Gasteiger partial charge in [0, 0.05) is 6.42 Å². The lowest BCUT2D eigenvalue weighted by atomic mass is 10.0. The van der Waals surface area contributed by atoms with Crippen LogP contribution in [0.3, 0.4) is 0 Å². The highest BCUT2D eigenvalue weighted by Crippen LogP contribution is 2.19. The Morgan fingerprint density at radius 3 is 2.05 bits per heavy atom. The van der Waals surface area contributed by atoms with Crippen LogP contribution in [0, 0.1) is 5.92 Å². The number of hydrogen-bond acceptors (Lipinski definition) is 6. The molecule has 224 valence electrons. The van der Waals surface area contributed by atoms with Crippen molar-refractivity contribution in [3.05, 3.63) is 95.6 Å². The topological polar surface area (TPSA) is 103 Å². The van der Waals surface area contributed by atoms with E-state index in [-0.39, 0.29) is 12.3 Å². The van der Waals surface area contributed by atoms with Crippen LogP contribution in [0.5, 0.6) is 11.5 Å². The van der Waals surface area contributed by atoms with Gasteiger partial charge < -0.3 is 24.8 Å². The summed E-state index contributed by atoms with van der Waals surface area (Å²) >= 11 is 0. The quantitative estimate of drug-likeness (QED) is 0.262. The summed E-state index contributed by atoms with van der Waals surface area (Å²) in [6.45, 7) is 9.69. The standard InChI is InChI=1S/C34H42N2O6/c1-23(2)20-28(35-31(37)27-14-10-11-15-30(27)40-6)32(38)36-29(33(39)42-34(3,4)5)21-24-16-18-26(19-17-24)41-22-25-12-8-7-9-13-25/h7-19,23,28-29H,20-22H2,1-6H3,(H,35,37)(H,36,38)/t28-,29-/m0/s1. The molecule has 2 N–H and O–H groups in total. The van der Waals surface area contributed by atoms with Crippen molar-refractivity contribution in [3.63, 3.8) is 0 Å². The van der Waals surface area contributed by atoms with E-state index in [0.717, 1.165) is 11.1 Å². The normalized spacial score (nSPS) is 12.6. The zero-order valence-corrected chi connectivity index (χ0v) is 25.3. The summed E-state index contributed by atoms with van der Waals surface area (Å²) in [5, 5.41) is 5.68. The van der Waals surface area contributed by atoms with E-state index in [2.05, 4.69) is 10.6 Å². The van der Waals surface area contributed by atoms with E-state index in [1.807, 2.05) is 68.4 Å². The SMILES string of the molecule is COc1ccccc1C(=O)N[C@@H](CC(C)C)C(=O)N[C@@H](Cc1ccc(OCc2ccccc2)cc1)C(=O)OC(C)(C)C. The van der Waals surface area contributed by atoms with Gasteiger partial charge in [-0.15, -0.1) is 0 Å². The van der Waals surface area contributed by atoms with E-state index in [1.54, 1.807) is 45.0 Å². The Morgan fingerprint density at radius 1 is 0.786 bits per heavy atom. The van der Waals surface area contributed by atoms with E-state index in [9.17, 15) is 14.4 Å². The molecule has 42 heavy (non-hydrogen) atoms. The molecule has 0 aromatic heterocycles. The van der Waals surface area contributed by atoms with Gasteiger partial charge in [0.05, 0.1) is 12.7 Å². The van der Waals surface area contributed by atoms with Crippen LogP contribution in [0.2, 0.25) is 0 Å². The van der Waals surface area contributed by atoms with Gasteiger partial charge >= 0.3 is 5.97 Å². The molecule has 2 amide bonds. The minimum absolute atomic E-state index is 0.0992. The van der Waals surface area contributed by atoms with Gasteiger partial charge in [-0.2, -0.15) is 0 Å². The van der Waals surface area contributed by atoms with Crippen molar-refractivity contribution >= 4 is 17.8 Å². The Morgan fingerprint density at radius 2 is 1.43 bits per heavy atom. The number of nitrogens with one attached hydrogen (secondary N) is 2. The minimum Gasteiger partial charge on any atom is -0.496 e. The number of ether oxygens (including phenoxy) is 3. The number of benzene rings is 3. The van der Waals surface area contributed by atoms with E-state index in [4.69, 9.17) is 14.2 Å². The van der Waals surface area contributed by atoms with Crippen LogP contribution < -0.4 is 20.1 Å². The maximum absolute atomic E-state index is 13.6. The van der Waals surface area contributed by atoms with Crippen LogP contribution in [0.15, 0.2) is 78.9 Å². The molecular formula is C34H42N2O6. The van der Waals surface area contributed by atoms with Crippen molar-refractivity contribution in [1.82, 2.24) is 10.6 Å². The zero-order valence-electron chi connectivity index (χ0n) is 25.3. The molecule has 0 radical (unpaired) electrons. The molecule has 8 heteroatoms. The average Bonchev–Trinajstić information content (AvgIpc) is 2.95. The monoisotopic (exact) mass is 574 g/mol.